The van der Waals surface area contributed by atoms with Crippen LogP contribution in [0, 0.1) is 0 Å². The van der Waals surface area contributed by atoms with Crippen LogP contribution in [0.2, 0.25) is 0 Å². The number of nitrogens with one attached hydrogen (secondary N) is 1. The molecule has 0 aliphatic heterocycles. The molecule has 1 saturated carbocycles. The van der Waals surface area contributed by atoms with Gasteiger partial charge in [0.25, 0.3) is 0 Å². The molecule has 1 fully saturated rings. The van der Waals surface area contributed by atoms with Gasteiger partial charge in [-0.25, -0.2) is 0 Å². The fraction of sp³-hybridized carbons (Fsp3) is 0.389. The monoisotopic (exact) mass is 282 g/mol. The Kier molecular flexibility index (Phi) is 4.51. The Bertz CT molecular complexity index is 564. The first-order valence-electron chi connectivity index (χ1n) is 7.62. The maximum Gasteiger partial charge on any atom is 0.122 e. The molecule has 0 amide bonds. The Morgan fingerprint density at radius 1 is 1.19 bits per heavy atom. The van der Waals surface area contributed by atoms with Crippen LogP contribution in [0.15, 0.2) is 48.8 Å². The fourth-order valence-corrected chi connectivity index (χ4v) is 3.01. The fourth-order valence-electron chi connectivity index (χ4n) is 3.01. The topological polar surface area (TPSA) is 34.1 Å². The van der Waals surface area contributed by atoms with Crippen molar-refractivity contribution in [3.05, 3.63) is 59.9 Å². The summed E-state index contributed by atoms with van der Waals surface area (Å²) in [5, 5.41) is 3.64. The zero-order valence-corrected chi connectivity index (χ0v) is 12.5. The Hall–Kier alpha value is -1.87. The summed E-state index contributed by atoms with van der Waals surface area (Å²) in [6.45, 7) is 1.02. The minimum atomic E-state index is 0.636. The van der Waals surface area contributed by atoms with E-state index in [1.807, 2.05) is 24.5 Å². The Morgan fingerprint density at radius 3 is 2.81 bits per heavy atom. The van der Waals surface area contributed by atoms with E-state index in [0.29, 0.717) is 12.0 Å². The molecule has 3 nitrogen and oxygen atoms in total. The van der Waals surface area contributed by atoms with Crippen LogP contribution in [0.25, 0.3) is 0 Å². The molecule has 21 heavy (non-hydrogen) atoms. The van der Waals surface area contributed by atoms with Gasteiger partial charge in [-0.15, -0.1) is 0 Å². The quantitative estimate of drug-likeness (QED) is 0.883. The van der Waals surface area contributed by atoms with Crippen molar-refractivity contribution in [3.8, 4) is 5.75 Å². The van der Waals surface area contributed by atoms with E-state index in [2.05, 4.69) is 34.6 Å². The van der Waals surface area contributed by atoms with Crippen LogP contribution in [0.3, 0.4) is 0 Å². The van der Waals surface area contributed by atoms with E-state index in [-0.39, 0.29) is 0 Å². The SMILES string of the molecule is COc1ccccc1C1CC(NCCc2cccnc2)C1. The molecule has 3 rings (SSSR count). The summed E-state index contributed by atoms with van der Waals surface area (Å²) in [4.78, 5) is 4.15. The van der Waals surface area contributed by atoms with Crippen molar-refractivity contribution in [2.45, 2.75) is 31.2 Å². The normalized spacial score (nSPS) is 20.8. The van der Waals surface area contributed by atoms with Gasteiger partial charge in [-0.2, -0.15) is 0 Å². The summed E-state index contributed by atoms with van der Waals surface area (Å²) in [6, 6.07) is 13.1. The number of rotatable bonds is 6. The largest absolute Gasteiger partial charge is 0.496 e. The molecule has 0 radical (unpaired) electrons. The highest BCUT2D eigenvalue weighted by atomic mass is 16.5. The number of benzene rings is 1. The number of para-hydroxylation sites is 1. The molecule has 1 aliphatic carbocycles. The minimum absolute atomic E-state index is 0.636. The van der Waals surface area contributed by atoms with E-state index in [0.717, 1.165) is 18.7 Å². The molecule has 110 valence electrons. The number of nitrogens with zero attached hydrogens (tertiary/aromatic N) is 1. The summed E-state index contributed by atoms with van der Waals surface area (Å²) in [5.41, 5.74) is 2.65. The molecule has 2 aromatic rings. The summed E-state index contributed by atoms with van der Waals surface area (Å²) in [7, 11) is 1.75. The van der Waals surface area contributed by atoms with Gasteiger partial charge in [0.05, 0.1) is 7.11 Å². The zero-order valence-electron chi connectivity index (χ0n) is 12.5. The van der Waals surface area contributed by atoms with E-state index >= 15 is 0 Å². The van der Waals surface area contributed by atoms with Crippen LogP contribution >= 0.6 is 0 Å². The first kappa shape index (κ1) is 14.1. The van der Waals surface area contributed by atoms with E-state index in [1.165, 1.54) is 24.0 Å². The molecule has 0 spiro atoms. The Morgan fingerprint density at radius 2 is 2.05 bits per heavy atom. The third kappa shape index (κ3) is 3.42. The van der Waals surface area contributed by atoms with Crippen LogP contribution in [-0.2, 0) is 6.42 Å². The van der Waals surface area contributed by atoms with Crippen molar-refractivity contribution in [3.63, 3.8) is 0 Å². The predicted octanol–water partition coefficient (Wildman–Crippen LogP) is 3.17. The molecule has 1 aromatic heterocycles. The molecule has 3 heteroatoms. The number of aromatic nitrogens is 1. The van der Waals surface area contributed by atoms with Crippen LogP contribution in [0.5, 0.6) is 5.75 Å². The van der Waals surface area contributed by atoms with Gasteiger partial charge >= 0.3 is 0 Å². The summed E-state index contributed by atoms with van der Waals surface area (Å²) >= 11 is 0. The zero-order chi connectivity index (χ0) is 14.5. The molecule has 0 saturated heterocycles. The Balaban J connectivity index is 1.44. The summed E-state index contributed by atoms with van der Waals surface area (Å²) in [6.07, 6.45) is 7.21. The van der Waals surface area contributed by atoms with Gasteiger partial charge in [0.2, 0.25) is 0 Å². The van der Waals surface area contributed by atoms with E-state index in [1.54, 1.807) is 7.11 Å². The van der Waals surface area contributed by atoms with E-state index < -0.39 is 0 Å². The number of hydrogen-bond donors (Lipinski definition) is 1. The molecule has 1 aromatic carbocycles. The molecule has 0 atom stereocenters. The van der Waals surface area contributed by atoms with Gasteiger partial charge in [0.1, 0.15) is 5.75 Å². The molecule has 0 unspecified atom stereocenters. The van der Waals surface area contributed by atoms with Crippen molar-refractivity contribution in [1.29, 1.82) is 0 Å². The highest BCUT2D eigenvalue weighted by Gasteiger charge is 2.31. The molecule has 1 heterocycles. The van der Waals surface area contributed by atoms with Gasteiger partial charge in [0.15, 0.2) is 0 Å². The maximum absolute atomic E-state index is 5.45. The first-order valence-corrected chi connectivity index (χ1v) is 7.62. The average Bonchev–Trinajstić information content (AvgIpc) is 2.50. The second-order valence-corrected chi connectivity index (χ2v) is 5.67. The van der Waals surface area contributed by atoms with Crippen molar-refractivity contribution in [1.82, 2.24) is 10.3 Å². The van der Waals surface area contributed by atoms with Crippen LogP contribution in [0.4, 0.5) is 0 Å². The minimum Gasteiger partial charge on any atom is -0.496 e. The second kappa shape index (κ2) is 6.72. The van der Waals surface area contributed by atoms with Gasteiger partial charge in [-0.3, -0.25) is 4.98 Å². The van der Waals surface area contributed by atoms with E-state index in [4.69, 9.17) is 4.74 Å². The van der Waals surface area contributed by atoms with Crippen molar-refractivity contribution in [2.75, 3.05) is 13.7 Å². The lowest BCUT2D eigenvalue weighted by atomic mass is 9.75. The predicted molar refractivity (Wildman–Crippen MR) is 84.7 cm³/mol. The summed E-state index contributed by atoms with van der Waals surface area (Å²) < 4.78 is 5.45. The molecule has 1 N–H and O–H groups in total. The van der Waals surface area contributed by atoms with Crippen molar-refractivity contribution >= 4 is 0 Å². The van der Waals surface area contributed by atoms with Crippen LogP contribution in [-0.4, -0.2) is 24.7 Å². The lowest BCUT2D eigenvalue weighted by Crippen LogP contribution is -2.41. The van der Waals surface area contributed by atoms with E-state index in [9.17, 15) is 0 Å². The smallest absolute Gasteiger partial charge is 0.122 e. The highest BCUT2D eigenvalue weighted by molar-refractivity contribution is 5.37. The van der Waals surface area contributed by atoms with Crippen molar-refractivity contribution < 1.29 is 4.74 Å². The lowest BCUT2D eigenvalue weighted by Gasteiger charge is -2.37. The third-order valence-electron chi connectivity index (χ3n) is 4.29. The molecular weight excluding hydrogens is 260 g/mol. The lowest BCUT2D eigenvalue weighted by molar-refractivity contribution is 0.285. The first-order chi connectivity index (χ1) is 10.4. The molecule has 1 aliphatic rings. The maximum atomic E-state index is 5.45. The van der Waals surface area contributed by atoms with Crippen LogP contribution < -0.4 is 10.1 Å². The molecule has 0 bridgehead atoms. The summed E-state index contributed by atoms with van der Waals surface area (Å²) in [5.74, 6) is 1.66. The number of methoxy groups -OCH3 is 1. The van der Waals surface area contributed by atoms with Gasteiger partial charge in [0, 0.05) is 18.4 Å². The average molecular weight is 282 g/mol. The number of pyridine rings is 1. The van der Waals surface area contributed by atoms with Gasteiger partial charge in [-0.05, 0) is 55.0 Å². The Labute approximate surface area is 126 Å². The second-order valence-electron chi connectivity index (χ2n) is 5.67. The third-order valence-corrected chi connectivity index (χ3v) is 4.29. The van der Waals surface area contributed by atoms with Crippen LogP contribution in [0.1, 0.15) is 29.9 Å². The standard InChI is InChI=1S/C18H22N2O/c1-21-18-7-3-2-6-17(18)15-11-16(12-15)20-10-8-14-5-4-9-19-13-14/h2-7,9,13,15-16,20H,8,10-12H2,1H3. The van der Waals surface area contributed by atoms with Gasteiger partial charge < -0.3 is 10.1 Å². The highest BCUT2D eigenvalue weighted by Crippen LogP contribution is 2.40. The molecular formula is C18H22N2O. The van der Waals surface area contributed by atoms with Gasteiger partial charge in [-0.1, -0.05) is 24.3 Å². The number of ether oxygens (including phenoxy) is 1. The van der Waals surface area contributed by atoms with Crippen molar-refractivity contribution in [2.24, 2.45) is 0 Å². The number of hydrogen-bond acceptors (Lipinski definition) is 3.